The van der Waals surface area contributed by atoms with E-state index in [1.165, 1.54) is 12.2 Å². The molecule has 0 heterocycles. The summed E-state index contributed by atoms with van der Waals surface area (Å²) in [5.41, 5.74) is 1.74. The fraction of sp³-hybridized carbons (Fsp3) is 0.385. The van der Waals surface area contributed by atoms with Gasteiger partial charge in [-0.25, -0.2) is 19.6 Å². The molecule has 0 unspecified atom stereocenters. The van der Waals surface area contributed by atoms with Crippen molar-refractivity contribution in [2.45, 2.75) is 13.1 Å². The van der Waals surface area contributed by atoms with Gasteiger partial charge in [-0.15, -0.1) is 0 Å². The minimum Gasteiger partial charge on any atom is -0.312 e. The van der Waals surface area contributed by atoms with Crippen LogP contribution in [0.15, 0.2) is 34.3 Å². The minimum atomic E-state index is 0.272. The molecule has 0 spiro atoms. The van der Waals surface area contributed by atoms with Crippen LogP contribution in [0.1, 0.15) is 11.1 Å². The van der Waals surface area contributed by atoms with E-state index in [1.807, 2.05) is 50.3 Å². The standard InChI is InChI=1S/C10H8N2O2.C3H9N/c13-7-11-5-9-3-1-2-4-10(9)6-12-8-14;1-4(2)3/h1-4H,5-6H2;1-3H3. The van der Waals surface area contributed by atoms with Gasteiger partial charge in [-0.1, -0.05) is 24.3 Å². The summed E-state index contributed by atoms with van der Waals surface area (Å²) in [4.78, 5) is 28.8. The number of isocyanates is 2. The van der Waals surface area contributed by atoms with Crippen molar-refractivity contribution in [2.24, 2.45) is 9.98 Å². The molecule has 0 saturated carbocycles. The van der Waals surface area contributed by atoms with Crippen LogP contribution in [0.5, 0.6) is 0 Å². The predicted octanol–water partition coefficient (Wildman–Crippen LogP) is 1.54. The van der Waals surface area contributed by atoms with Gasteiger partial charge in [0.05, 0.1) is 13.1 Å². The molecule has 0 aliphatic heterocycles. The fourth-order valence-electron chi connectivity index (χ4n) is 1.10. The molecule has 18 heavy (non-hydrogen) atoms. The van der Waals surface area contributed by atoms with Gasteiger partial charge in [0.25, 0.3) is 0 Å². The Hall–Kier alpha value is -2.06. The first-order chi connectivity index (χ1) is 8.61. The van der Waals surface area contributed by atoms with Crippen molar-refractivity contribution >= 4 is 12.2 Å². The van der Waals surface area contributed by atoms with E-state index in [0.29, 0.717) is 0 Å². The molecule has 5 nitrogen and oxygen atoms in total. The molecule has 0 aliphatic rings. The van der Waals surface area contributed by atoms with Crippen LogP contribution in [0.2, 0.25) is 0 Å². The summed E-state index contributed by atoms with van der Waals surface area (Å²) >= 11 is 0. The van der Waals surface area contributed by atoms with E-state index in [2.05, 4.69) is 9.98 Å². The Morgan fingerprint density at radius 2 is 1.28 bits per heavy atom. The van der Waals surface area contributed by atoms with Crippen LogP contribution in [0.25, 0.3) is 0 Å². The Kier molecular flexibility index (Phi) is 8.96. The summed E-state index contributed by atoms with van der Waals surface area (Å²) in [7, 11) is 6.00. The fourth-order valence-corrected chi connectivity index (χ4v) is 1.10. The van der Waals surface area contributed by atoms with E-state index in [9.17, 15) is 9.59 Å². The maximum atomic E-state index is 9.93. The van der Waals surface area contributed by atoms with Gasteiger partial charge in [0, 0.05) is 0 Å². The highest BCUT2D eigenvalue weighted by Gasteiger charge is 1.99. The highest BCUT2D eigenvalue weighted by atomic mass is 16.1. The molecule has 0 bridgehead atoms. The molecule has 0 amide bonds. The molecule has 1 rings (SSSR count). The van der Waals surface area contributed by atoms with Gasteiger partial charge in [0.2, 0.25) is 12.2 Å². The summed E-state index contributed by atoms with van der Waals surface area (Å²) in [6, 6.07) is 7.33. The Morgan fingerprint density at radius 3 is 1.56 bits per heavy atom. The van der Waals surface area contributed by atoms with Crippen molar-refractivity contribution in [1.29, 1.82) is 0 Å². The summed E-state index contributed by atoms with van der Waals surface area (Å²) < 4.78 is 0. The molecule has 0 N–H and O–H groups in total. The van der Waals surface area contributed by atoms with E-state index in [4.69, 9.17) is 0 Å². The number of hydrogen-bond acceptors (Lipinski definition) is 5. The lowest BCUT2D eigenvalue weighted by Gasteiger charge is -2.01. The molecule has 0 aliphatic carbocycles. The molecule has 1 aromatic rings. The zero-order valence-electron chi connectivity index (χ0n) is 10.9. The number of benzene rings is 1. The minimum absolute atomic E-state index is 0.272. The van der Waals surface area contributed by atoms with Crippen molar-refractivity contribution in [3.63, 3.8) is 0 Å². The van der Waals surface area contributed by atoms with Gasteiger partial charge in [0.1, 0.15) is 0 Å². The predicted molar refractivity (Wildman–Crippen MR) is 69.7 cm³/mol. The Morgan fingerprint density at radius 1 is 0.944 bits per heavy atom. The van der Waals surface area contributed by atoms with Gasteiger partial charge >= 0.3 is 0 Å². The maximum Gasteiger partial charge on any atom is 0.235 e. The zero-order valence-corrected chi connectivity index (χ0v) is 10.9. The average Bonchev–Trinajstić information content (AvgIpc) is 2.34. The lowest BCUT2D eigenvalue weighted by Crippen LogP contribution is -1.99. The van der Waals surface area contributed by atoms with Crippen molar-refractivity contribution in [2.75, 3.05) is 21.1 Å². The first-order valence-corrected chi connectivity index (χ1v) is 5.36. The molecule has 0 fully saturated rings. The average molecular weight is 247 g/mol. The van der Waals surface area contributed by atoms with Crippen LogP contribution >= 0.6 is 0 Å². The van der Waals surface area contributed by atoms with Crippen molar-refractivity contribution in [3.05, 3.63) is 35.4 Å². The van der Waals surface area contributed by atoms with E-state index >= 15 is 0 Å². The van der Waals surface area contributed by atoms with Crippen LogP contribution in [0.4, 0.5) is 0 Å². The monoisotopic (exact) mass is 247 g/mol. The normalized spacial score (nSPS) is 8.67. The second-order valence-corrected chi connectivity index (χ2v) is 3.93. The smallest absolute Gasteiger partial charge is 0.235 e. The van der Waals surface area contributed by atoms with Crippen molar-refractivity contribution in [3.8, 4) is 0 Å². The number of aliphatic imine (C=N–C) groups is 2. The van der Waals surface area contributed by atoms with Crippen LogP contribution in [-0.2, 0) is 22.7 Å². The molecule has 5 heteroatoms. The van der Waals surface area contributed by atoms with Crippen molar-refractivity contribution in [1.82, 2.24) is 4.90 Å². The van der Waals surface area contributed by atoms with Crippen LogP contribution in [0.3, 0.4) is 0 Å². The van der Waals surface area contributed by atoms with Gasteiger partial charge in [-0.3, -0.25) is 0 Å². The molecule has 0 aromatic heterocycles. The first-order valence-electron chi connectivity index (χ1n) is 5.36. The van der Waals surface area contributed by atoms with Crippen LogP contribution in [-0.4, -0.2) is 38.2 Å². The summed E-state index contributed by atoms with van der Waals surface area (Å²) in [5.74, 6) is 0. The third-order valence-corrected chi connectivity index (χ3v) is 1.75. The number of nitrogens with zero attached hydrogens (tertiary/aromatic N) is 3. The topological polar surface area (TPSA) is 62.1 Å². The molecular weight excluding hydrogens is 230 g/mol. The Labute approximate surface area is 107 Å². The van der Waals surface area contributed by atoms with Gasteiger partial charge in [-0.2, -0.15) is 0 Å². The SMILES string of the molecule is CN(C)C.O=C=NCc1ccccc1CN=C=O. The van der Waals surface area contributed by atoms with E-state index in [1.54, 1.807) is 0 Å². The number of hydrogen-bond donors (Lipinski definition) is 0. The van der Waals surface area contributed by atoms with E-state index in [-0.39, 0.29) is 13.1 Å². The zero-order chi connectivity index (χ0) is 13.8. The van der Waals surface area contributed by atoms with Crippen molar-refractivity contribution < 1.29 is 9.59 Å². The van der Waals surface area contributed by atoms with Gasteiger partial charge < -0.3 is 4.90 Å². The quantitative estimate of drug-likeness (QED) is 0.599. The lowest BCUT2D eigenvalue weighted by molar-refractivity contribution is 0.505. The Balaban J connectivity index is 0.000000631. The number of rotatable bonds is 4. The van der Waals surface area contributed by atoms with Gasteiger partial charge in [-0.05, 0) is 32.3 Å². The molecule has 1 aromatic carbocycles. The summed E-state index contributed by atoms with van der Waals surface area (Å²) in [5, 5.41) is 0. The van der Waals surface area contributed by atoms with Gasteiger partial charge in [0.15, 0.2) is 0 Å². The third-order valence-electron chi connectivity index (χ3n) is 1.75. The lowest BCUT2D eigenvalue weighted by atomic mass is 10.1. The molecular formula is C13H17N3O2. The number of carbonyl (C=O) groups excluding carboxylic acids is 2. The third kappa shape index (κ3) is 8.13. The Bertz CT molecular complexity index is 404. The largest absolute Gasteiger partial charge is 0.312 e. The molecule has 0 saturated heterocycles. The van der Waals surface area contributed by atoms with E-state index < -0.39 is 0 Å². The molecule has 0 radical (unpaired) electrons. The molecule has 0 atom stereocenters. The second kappa shape index (κ2) is 10.1. The second-order valence-electron chi connectivity index (χ2n) is 3.93. The summed E-state index contributed by atoms with van der Waals surface area (Å²) in [6.07, 6.45) is 2.93. The first kappa shape index (κ1) is 15.9. The van der Waals surface area contributed by atoms with E-state index in [0.717, 1.165) is 11.1 Å². The highest BCUT2D eigenvalue weighted by Crippen LogP contribution is 2.10. The van der Waals surface area contributed by atoms with Crippen LogP contribution < -0.4 is 0 Å². The maximum absolute atomic E-state index is 9.93. The summed E-state index contributed by atoms with van der Waals surface area (Å²) in [6.45, 7) is 0.544. The molecule has 96 valence electrons. The van der Waals surface area contributed by atoms with Crippen LogP contribution in [0, 0.1) is 0 Å². The highest BCUT2D eigenvalue weighted by molar-refractivity contribution is 5.37.